The SMILES string of the molecule is CCOCCOc1cccc(-c2ccc3cc(N4CCOCC4)ccc3c2)c1C#N. The van der Waals surface area contributed by atoms with Gasteiger partial charge in [0.2, 0.25) is 0 Å². The van der Waals surface area contributed by atoms with Crippen LogP contribution in [-0.4, -0.2) is 46.1 Å². The average Bonchev–Trinajstić information content (AvgIpc) is 2.81. The first-order valence-electron chi connectivity index (χ1n) is 10.4. The van der Waals surface area contributed by atoms with Crippen LogP contribution in [0.1, 0.15) is 12.5 Å². The van der Waals surface area contributed by atoms with E-state index in [2.05, 4.69) is 47.4 Å². The molecule has 4 rings (SSSR count). The highest BCUT2D eigenvalue weighted by molar-refractivity contribution is 5.91. The number of benzene rings is 3. The Kier molecular flexibility index (Phi) is 6.48. The van der Waals surface area contributed by atoms with Gasteiger partial charge in [0.05, 0.1) is 19.8 Å². The highest BCUT2D eigenvalue weighted by atomic mass is 16.5. The third kappa shape index (κ3) is 4.40. The second kappa shape index (κ2) is 9.62. The molecule has 154 valence electrons. The third-order valence-corrected chi connectivity index (χ3v) is 5.34. The molecule has 1 fully saturated rings. The molecule has 0 saturated carbocycles. The second-order valence-corrected chi connectivity index (χ2v) is 7.18. The van der Waals surface area contributed by atoms with Crippen LogP contribution in [0.5, 0.6) is 5.75 Å². The number of morpholine rings is 1. The largest absolute Gasteiger partial charge is 0.490 e. The summed E-state index contributed by atoms with van der Waals surface area (Å²) in [7, 11) is 0. The van der Waals surface area contributed by atoms with E-state index in [9.17, 15) is 5.26 Å². The Balaban J connectivity index is 1.62. The van der Waals surface area contributed by atoms with Gasteiger partial charge in [-0.15, -0.1) is 0 Å². The van der Waals surface area contributed by atoms with Crippen molar-refractivity contribution in [2.24, 2.45) is 0 Å². The molecule has 0 aliphatic carbocycles. The number of hydrogen-bond donors (Lipinski definition) is 0. The lowest BCUT2D eigenvalue weighted by atomic mass is 9.97. The lowest BCUT2D eigenvalue weighted by molar-refractivity contribution is 0.110. The Morgan fingerprint density at radius 2 is 1.80 bits per heavy atom. The zero-order chi connectivity index (χ0) is 20.8. The monoisotopic (exact) mass is 402 g/mol. The van der Waals surface area contributed by atoms with Crippen molar-refractivity contribution >= 4 is 16.5 Å². The fourth-order valence-electron chi connectivity index (χ4n) is 3.78. The van der Waals surface area contributed by atoms with Gasteiger partial charge in [0.25, 0.3) is 0 Å². The van der Waals surface area contributed by atoms with Crippen molar-refractivity contribution in [2.75, 3.05) is 51.0 Å². The Morgan fingerprint density at radius 1 is 1.00 bits per heavy atom. The van der Waals surface area contributed by atoms with Crippen molar-refractivity contribution in [3.05, 3.63) is 60.2 Å². The van der Waals surface area contributed by atoms with E-state index in [0.717, 1.165) is 42.8 Å². The molecule has 3 aromatic rings. The van der Waals surface area contributed by atoms with Crippen LogP contribution in [-0.2, 0) is 9.47 Å². The van der Waals surface area contributed by atoms with Gasteiger partial charge < -0.3 is 19.1 Å². The molecule has 1 saturated heterocycles. The smallest absolute Gasteiger partial charge is 0.137 e. The summed E-state index contributed by atoms with van der Waals surface area (Å²) in [6.07, 6.45) is 0. The standard InChI is InChI=1S/C25H26N2O3/c1-2-28-14-15-30-25-5-3-4-23(24(25)18-26)21-7-6-20-17-22(9-8-19(20)16-21)27-10-12-29-13-11-27/h3-9,16-17H,2,10-15H2,1H3. The minimum atomic E-state index is 0.425. The molecule has 0 aromatic heterocycles. The Morgan fingerprint density at radius 3 is 2.60 bits per heavy atom. The minimum absolute atomic E-state index is 0.425. The summed E-state index contributed by atoms with van der Waals surface area (Å²) in [4.78, 5) is 2.35. The summed E-state index contributed by atoms with van der Waals surface area (Å²) in [6.45, 7) is 6.93. The average molecular weight is 402 g/mol. The first-order chi connectivity index (χ1) is 14.8. The Bertz CT molecular complexity index is 1050. The van der Waals surface area contributed by atoms with E-state index in [-0.39, 0.29) is 0 Å². The molecule has 0 radical (unpaired) electrons. The van der Waals surface area contributed by atoms with Gasteiger partial charge in [0.15, 0.2) is 0 Å². The fourth-order valence-corrected chi connectivity index (χ4v) is 3.78. The lowest BCUT2D eigenvalue weighted by Gasteiger charge is -2.29. The molecule has 0 amide bonds. The molecule has 0 bridgehead atoms. The van der Waals surface area contributed by atoms with Crippen LogP contribution in [0.4, 0.5) is 5.69 Å². The number of ether oxygens (including phenoxy) is 3. The maximum absolute atomic E-state index is 9.78. The highest BCUT2D eigenvalue weighted by Gasteiger charge is 2.14. The van der Waals surface area contributed by atoms with Gasteiger partial charge in [0.1, 0.15) is 24.0 Å². The molecule has 0 N–H and O–H groups in total. The van der Waals surface area contributed by atoms with Crippen LogP contribution >= 0.6 is 0 Å². The van der Waals surface area contributed by atoms with Gasteiger partial charge in [-0.25, -0.2) is 0 Å². The molecule has 5 heteroatoms. The summed E-state index contributed by atoms with van der Waals surface area (Å²) in [5.74, 6) is 0.595. The predicted octanol–water partition coefficient (Wildman–Crippen LogP) is 4.63. The summed E-state index contributed by atoms with van der Waals surface area (Å²) in [5, 5.41) is 12.1. The van der Waals surface area contributed by atoms with Crippen molar-refractivity contribution in [2.45, 2.75) is 6.92 Å². The molecule has 0 atom stereocenters. The molecule has 3 aromatic carbocycles. The number of nitrogens with zero attached hydrogens (tertiary/aromatic N) is 2. The van der Waals surface area contributed by atoms with Crippen molar-refractivity contribution in [1.29, 1.82) is 5.26 Å². The Hall–Kier alpha value is -3.07. The maximum Gasteiger partial charge on any atom is 0.137 e. The molecule has 1 aliphatic heterocycles. The van der Waals surface area contributed by atoms with Gasteiger partial charge in [0, 0.05) is 30.9 Å². The summed E-state index contributed by atoms with van der Waals surface area (Å²) >= 11 is 0. The number of hydrogen-bond acceptors (Lipinski definition) is 5. The van der Waals surface area contributed by atoms with Crippen molar-refractivity contribution in [3.63, 3.8) is 0 Å². The molecule has 0 spiro atoms. The molecule has 30 heavy (non-hydrogen) atoms. The quantitative estimate of drug-likeness (QED) is 0.539. The first kappa shape index (κ1) is 20.2. The summed E-state index contributed by atoms with van der Waals surface area (Å²) in [5.41, 5.74) is 3.67. The molecular formula is C25H26N2O3. The summed E-state index contributed by atoms with van der Waals surface area (Å²) in [6, 6.07) is 20.9. The Labute approximate surface area is 177 Å². The lowest BCUT2D eigenvalue weighted by Crippen LogP contribution is -2.36. The third-order valence-electron chi connectivity index (χ3n) is 5.34. The van der Waals surface area contributed by atoms with Crippen molar-refractivity contribution in [3.8, 4) is 22.9 Å². The number of nitriles is 1. The fraction of sp³-hybridized carbons (Fsp3) is 0.320. The van der Waals surface area contributed by atoms with Crippen LogP contribution in [0, 0.1) is 11.3 Å². The van der Waals surface area contributed by atoms with Crippen molar-refractivity contribution < 1.29 is 14.2 Å². The van der Waals surface area contributed by atoms with E-state index in [4.69, 9.17) is 14.2 Å². The zero-order valence-corrected chi connectivity index (χ0v) is 17.3. The number of rotatable bonds is 7. The van der Waals surface area contributed by atoms with Crippen LogP contribution in [0.15, 0.2) is 54.6 Å². The van der Waals surface area contributed by atoms with E-state index in [1.54, 1.807) is 0 Å². The van der Waals surface area contributed by atoms with Gasteiger partial charge in [-0.05, 0) is 47.5 Å². The molecule has 5 nitrogen and oxygen atoms in total. The second-order valence-electron chi connectivity index (χ2n) is 7.18. The molecular weight excluding hydrogens is 376 g/mol. The van der Waals surface area contributed by atoms with E-state index in [1.807, 2.05) is 25.1 Å². The molecule has 1 heterocycles. The van der Waals surface area contributed by atoms with Crippen LogP contribution in [0.25, 0.3) is 21.9 Å². The topological polar surface area (TPSA) is 54.7 Å². The maximum atomic E-state index is 9.78. The van der Waals surface area contributed by atoms with Gasteiger partial charge >= 0.3 is 0 Å². The van der Waals surface area contributed by atoms with Gasteiger partial charge in [-0.1, -0.05) is 30.3 Å². The molecule has 0 unspecified atom stereocenters. The van der Waals surface area contributed by atoms with E-state index in [0.29, 0.717) is 31.1 Å². The van der Waals surface area contributed by atoms with Gasteiger partial charge in [-0.2, -0.15) is 5.26 Å². The highest BCUT2D eigenvalue weighted by Crippen LogP contribution is 2.33. The zero-order valence-electron chi connectivity index (χ0n) is 17.3. The predicted molar refractivity (Wildman–Crippen MR) is 119 cm³/mol. The van der Waals surface area contributed by atoms with Gasteiger partial charge in [-0.3, -0.25) is 0 Å². The number of anilines is 1. The van der Waals surface area contributed by atoms with E-state index < -0.39 is 0 Å². The minimum Gasteiger partial charge on any atom is -0.490 e. The molecule has 1 aliphatic rings. The van der Waals surface area contributed by atoms with Crippen molar-refractivity contribution in [1.82, 2.24) is 0 Å². The van der Waals surface area contributed by atoms with Crippen LogP contribution in [0.2, 0.25) is 0 Å². The van der Waals surface area contributed by atoms with E-state index >= 15 is 0 Å². The summed E-state index contributed by atoms with van der Waals surface area (Å²) < 4.78 is 16.6. The van der Waals surface area contributed by atoms with Crippen LogP contribution < -0.4 is 9.64 Å². The van der Waals surface area contributed by atoms with Crippen LogP contribution in [0.3, 0.4) is 0 Å². The normalized spacial score (nSPS) is 13.9. The number of fused-ring (bicyclic) bond motifs is 1. The first-order valence-corrected chi connectivity index (χ1v) is 10.4. The van der Waals surface area contributed by atoms with E-state index in [1.165, 1.54) is 11.1 Å².